The van der Waals surface area contributed by atoms with Crippen LogP contribution in [-0.2, 0) is 0 Å². The standard InChI is InChI=1S/C24H28N4O4/c1-24(2,3)28-21(29)17-10-9-16(15-18(17)22(28)30)25-23(31)27-13-11-26(12-14-27)19-7-5-6-8-20(19)32-4/h5-10,15H,11-14H2,1-4H3,(H,25,31). The first kappa shape index (κ1) is 21.7. The lowest BCUT2D eigenvalue weighted by Gasteiger charge is -2.36. The highest BCUT2D eigenvalue weighted by molar-refractivity contribution is 6.22. The van der Waals surface area contributed by atoms with Crippen molar-refractivity contribution < 1.29 is 19.1 Å². The average molecular weight is 437 g/mol. The highest BCUT2D eigenvalue weighted by Crippen LogP contribution is 2.31. The lowest BCUT2D eigenvalue weighted by Crippen LogP contribution is -2.50. The number of fused-ring (bicyclic) bond motifs is 1. The predicted molar refractivity (Wildman–Crippen MR) is 122 cm³/mol. The molecule has 2 heterocycles. The van der Waals surface area contributed by atoms with Gasteiger partial charge in [0.2, 0.25) is 0 Å². The Labute approximate surface area is 187 Å². The van der Waals surface area contributed by atoms with Crippen molar-refractivity contribution in [2.24, 2.45) is 0 Å². The highest BCUT2D eigenvalue weighted by Gasteiger charge is 2.42. The Kier molecular flexibility index (Phi) is 5.54. The molecule has 0 unspecified atom stereocenters. The van der Waals surface area contributed by atoms with Crippen LogP contribution < -0.4 is 15.0 Å². The first-order valence-electron chi connectivity index (χ1n) is 10.7. The van der Waals surface area contributed by atoms with E-state index in [4.69, 9.17) is 4.74 Å². The molecule has 4 rings (SSSR count). The van der Waals surface area contributed by atoms with Crippen LogP contribution in [0, 0.1) is 0 Å². The van der Waals surface area contributed by atoms with Crippen LogP contribution in [0.15, 0.2) is 42.5 Å². The van der Waals surface area contributed by atoms with Gasteiger partial charge in [0, 0.05) is 37.4 Å². The van der Waals surface area contributed by atoms with E-state index in [9.17, 15) is 14.4 Å². The molecule has 2 aromatic carbocycles. The zero-order chi connectivity index (χ0) is 23.0. The van der Waals surface area contributed by atoms with E-state index >= 15 is 0 Å². The minimum atomic E-state index is -0.613. The molecule has 1 saturated heterocycles. The van der Waals surface area contributed by atoms with E-state index in [2.05, 4.69) is 10.2 Å². The van der Waals surface area contributed by atoms with Crippen molar-refractivity contribution >= 4 is 29.2 Å². The zero-order valence-corrected chi connectivity index (χ0v) is 18.8. The number of urea groups is 1. The van der Waals surface area contributed by atoms with Gasteiger partial charge in [0.25, 0.3) is 11.8 Å². The van der Waals surface area contributed by atoms with Gasteiger partial charge in [-0.05, 0) is 51.1 Å². The third-order valence-corrected chi connectivity index (χ3v) is 5.80. The number of ether oxygens (including phenoxy) is 1. The van der Waals surface area contributed by atoms with Gasteiger partial charge in [-0.2, -0.15) is 0 Å². The second-order valence-corrected chi connectivity index (χ2v) is 8.95. The van der Waals surface area contributed by atoms with Crippen LogP contribution in [0.2, 0.25) is 0 Å². The van der Waals surface area contributed by atoms with Crippen LogP contribution in [0.5, 0.6) is 5.75 Å². The molecule has 0 aromatic heterocycles. The number of anilines is 2. The van der Waals surface area contributed by atoms with Crippen molar-refractivity contribution in [2.75, 3.05) is 43.5 Å². The number of benzene rings is 2. The van der Waals surface area contributed by atoms with Crippen molar-refractivity contribution in [2.45, 2.75) is 26.3 Å². The molecule has 4 amide bonds. The number of piperazine rings is 1. The van der Waals surface area contributed by atoms with E-state index < -0.39 is 5.54 Å². The summed E-state index contributed by atoms with van der Waals surface area (Å²) in [6.45, 7) is 7.96. The van der Waals surface area contributed by atoms with Gasteiger partial charge in [0.05, 0.1) is 23.9 Å². The summed E-state index contributed by atoms with van der Waals surface area (Å²) >= 11 is 0. The van der Waals surface area contributed by atoms with Gasteiger partial charge in [-0.1, -0.05) is 12.1 Å². The largest absolute Gasteiger partial charge is 0.495 e. The summed E-state index contributed by atoms with van der Waals surface area (Å²) in [6, 6.07) is 12.5. The Bertz CT molecular complexity index is 1070. The van der Waals surface area contributed by atoms with Gasteiger partial charge >= 0.3 is 6.03 Å². The summed E-state index contributed by atoms with van der Waals surface area (Å²) in [6.07, 6.45) is 0. The number of hydrogen-bond donors (Lipinski definition) is 1. The van der Waals surface area contributed by atoms with Gasteiger partial charge < -0.3 is 19.9 Å². The molecule has 168 valence electrons. The van der Waals surface area contributed by atoms with Gasteiger partial charge in [-0.25, -0.2) is 4.79 Å². The lowest BCUT2D eigenvalue weighted by molar-refractivity contribution is 0.0507. The molecular weight excluding hydrogens is 408 g/mol. The Morgan fingerprint density at radius 2 is 1.59 bits per heavy atom. The second-order valence-electron chi connectivity index (χ2n) is 8.95. The molecule has 8 heteroatoms. The summed E-state index contributed by atoms with van der Waals surface area (Å²) in [4.78, 5) is 43.4. The number of amides is 4. The fraction of sp³-hybridized carbons (Fsp3) is 0.375. The number of nitrogens with zero attached hydrogens (tertiary/aromatic N) is 3. The van der Waals surface area contributed by atoms with Crippen LogP contribution in [0.3, 0.4) is 0 Å². The monoisotopic (exact) mass is 436 g/mol. The average Bonchev–Trinajstić information content (AvgIpc) is 3.03. The van der Waals surface area contributed by atoms with Crippen LogP contribution in [0.1, 0.15) is 41.5 Å². The third-order valence-electron chi connectivity index (χ3n) is 5.80. The summed E-state index contributed by atoms with van der Waals surface area (Å²) in [5.41, 5.74) is 1.59. The van der Waals surface area contributed by atoms with Gasteiger partial charge in [0.15, 0.2) is 0 Å². The Balaban J connectivity index is 1.42. The number of rotatable bonds is 3. The lowest BCUT2D eigenvalue weighted by atomic mass is 10.1. The molecule has 0 aliphatic carbocycles. The number of imide groups is 1. The van der Waals surface area contributed by atoms with Crippen molar-refractivity contribution in [3.63, 3.8) is 0 Å². The highest BCUT2D eigenvalue weighted by atomic mass is 16.5. The summed E-state index contributed by atoms with van der Waals surface area (Å²) in [7, 11) is 1.65. The predicted octanol–water partition coefficient (Wildman–Crippen LogP) is 3.44. The molecule has 0 spiro atoms. The van der Waals surface area contributed by atoms with E-state index in [1.807, 2.05) is 45.0 Å². The molecule has 0 radical (unpaired) electrons. The van der Waals surface area contributed by atoms with Crippen molar-refractivity contribution in [3.8, 4) is 5.75 Å². The molecule has 0 atom stereocenters. The van der Waals surface area contributed by atoms with Crippen LogP contribution >= 0.6 is 0 Å². The summed E-state index contributed by atoms with van der Waals surface area (Å²) < 4.78 is 5.44. The summed E-state index contributed by atoms with van der Waals surface area (Å²) in [5, 5.41) is 2.87. The fourth-order valence-electron chi connectivity index (χ4n) is 4.17. The van der Waals surface area contributed by atoms with E-state index in [-0.39, 0.29) is 17.8 Å². The molecule has 1 N–H and O–H groups in total. The molecule has 2 aliphatic rings. The minimum absolute atomic E-state index is 0.228. The Morgan fingerprint density at radius 1 is 0.938 bits per heavy atom. The Hall–Kier alpha value is -3.55. The number of methoxy groups -OCH3 is 1. The second kappa shape index (κ2) is 8.18. The first-order valence-corrected chi connectivity index (χ1v) is 10.7. The number of hydrogen-bond acceptors (Lipinski definition) is 5. The van der Waals surface area contributed by atoms with Crippen molar-refractivity contribution in [1.29, 1.82) is 0 Å². The van der Waals surface area contributed by atoms with E-state index in [0.29, 0.717) is 43.0 Å². The third kappa shape index (κ3) is 3.88. The molecule has 1 fully saturated rings. The van der Waals surface area contributed by atoms with Crippen molar-refractivity contribution in [3.05, 3.63) is 53.6 Å². The topological polar surface area (TPSA) is 82.2 Å². The van der Waals surface area contributed by atoms with Gasteiger partial charge in [0.1, 0.15) is 5.75 Å². The zero-order valence-electron chi connectivity index (χ0n) is 18.8. The maximum absolute atomic E-state index is 12.8. The van der Waals surface area contributed by atoms with Crippen molar-refractivity contribution in [1.82, 2.24) is 9.80 Å². The maximum atomic E-state index is 12.8. The smallest absolute Gasteiger partial charge is 0.321 e. The SMILES string of the molecule is COc1ccccc1N1CCN(C(=O)Nc2ccc3c(c2)C(=O)N(C(C)(C)C)C3=O)CC1. The van der Waals surface area contributed by atoms with Gasteiger partial charge in [-0.15, -0.1) is 0 Å². The number of carbonyl (C=O) groups excluding carboxylic acids is 3. The quantitative estimate of drug-likeness (QED) is 0.746. The molecule has 0 bridgehead atoms. The number of para-hydroxylation sites is 2. The Morgan fingerprint density at radius 3 is 2.25 bits per heavy atom. The molecule has 8 nitrogen and oxygen atoms in total. The molecular formula is C24H28N4O4. The number of nitrogens with one attached hydrogen (secondary N) is 1. The summed E-state index contributed by atoms with van der Waals surface area (Å²) in [5.74, 6) is 0.175. The molecule has 2 aliphatic heterocycles. The molecule has 0 saturated carbocycles. The van der Waals surface area contributed by atoms with Crippen LogP contribution in [-0.4, -0.2) is 66.5 Å². The first-order chi connectivity index (χ1) is 15.2. The molecule has 2 aromatic rings. The van der Waals surface area contributed by atoms with Gasteiger partial charge in [-0.3, -0.25) is 14.5 Å². The minimum Gasteiger partial charge on any atom is -0.495 e. The fourth-order valence-corrected chi connectivity index (χ4v) is 4.17. The molecule has 32 heavy (non-hydrogen) atoms. The van der Waals surface area contributed by atoms with E-state index in [1.165, 1.54) is 4.90 Å². The van der Waals surface area contributed by atoms with E-state index in [1.54, 1.807) is 30.2 Å². The maximum Gasteiger partial charge on any atom is 0.321 e. The number of carbonyl (C=O) groups is 3. The van der Waals surface area contributed by atoms with E-state index in [0.717, 1.165) is 11.4 Å². The van der Waals surface area contributed by atoms with Crippen LogP contribution in [0.25, 0.3) is 0 Å². The van der Waals surface area contributed by atoms with Crippen LogP contribution in [0.4, 0.5) is 16.2 Å². The normalized spacial score (nSPS) is 16.3.